The highest BCUT2D eigenvalue weighted by Gasteiger charge is 2.30. The summed E-state index contributed by atoms with van der Waals surface area (Å²) in [4.78, 5) is 34.7. The Labute approximate surface area is 129 Å². The van der Waals surface area contributed by atoms with Crippen molar-refractivity contribution in [1.29, 1.82) is 5.26 Å². The Balaban J connectivity index is 5.04. The Morgan fingerprint density at radius 1 is 1.32 bits per heavy atom. The van der Waals surface area contributed by atoms with Gasteiger partial charge >= 0.3 is 6.09 Å². The van der Waals surface area contributed by atoms with Crippen LogP contribution < -0.4 is 16.0 Å². The van der Waals surface area contributed by atoms with Crippen LogP contribution in [0.1, 0.15) is 27.7 Å². The highest BCUT2D eigenvalue weighted by atomic mass is 16.5. The number of ether oxygens (including phenoxy) is 1. The lowest BCUT2D eigenvalue weighted by Crippen LogP contribution is -2.49. The topological polar surface area (TPSA) is 120 Å². The van der Waals surface area contributed by atoms with Crippen molar-refractivity contribution in [3.05, 3.63) is 11.8 Å². The molecule has 3 amide bonds. The van der Waals surface area contributed by atoms with Crippen LogP contribution in [0, 0.1) is 16.7 Å². The number of alkyl carbamates (subject to hydrolysis) is 1. The average Bonchev–Trinajstić information content (AvgIpc) is 2.41. The van der Waals surface area contributed by atoms with Crippen LogP contribution in [0.5, 0.6) is 0 Å². The van der Waals surface area contributed by atoms with E-state index in [0.29, 0.717) is 0 Å². The first-order chi connectivity index (χ1) is 10.2. The zero-order valence-corrected chi connectivity index (χ0v) is 13.4. The van der Waals surface area contributed by atoms with Crippen LogP contribution in [0.25, 0.3) is 0 Å². The molecule has 0 unspecified atom stereocenters. The fourth-order valence-electron chi connectivity index (χ4n) is 1.51. The third kappa shape index (κ3) is 6.26. The van der Waals surface area contributed by atoms with Crippen LogP contribution >= 0.6 is 0 Å². The van der Waals surface area contributed by atoms with E-state index >= 15 is 0 Å². The Kier molecular flexibility index (Phi) is 7.66. The van der Waals surface area contributed by atoms with Crippen LogP contribution in [0.4, 0.5) is 4.79 Å². The van der Waals surface area contributed by atoms with Gasteiger partial charge in [-0.25, -0.2) is 4.79 Å². The molecule has 8 nitrogen and oxygen atoms in total. The minimum absolute atomic E-state index is 0.103. The van der Waals surface area contributed by atoms with Gasteiger partial charge in [-0.2, -0.15) is 5.26 Å². The summed E-state index contributed by atoms with van der Waals surface area (Å²) in [6.07, 6.45) is 0.173. The molecule has 0 aliphatic heterocycles. The molecular formula is C14H22N4O4. The number of imide groups is 1. The maximum Gasteiger partial charge on any atom is 0.414 e. The molecule has 0 saturated carbocycles. The van der Waals surface area contributed by atoms with Crippen molar-refractivity contribution in [3.63, 3.8) is 0 Å². The molecule has 0 rings (SSSR count). The van der Waals surface area contributed by atoms with Crippen molar-refractivity contribution < 1.29 is 19.1 Å². The fourth-order valence-corrected chi connectivity index (χ4v) is 1.51. The minimum Gasteiger partial charge on any atom is -0.450 e. The summed E-state index contributed by atoms with van der Waals surface area (Å²) < 4.78 is 4.55. The second-order valence-corrected chi connectivity index (χ2v) is 5.42. The second kappa shape index (κ2) is 8.67. The normalized spacial score (nSPS) is 12.6. The Morgan fingerprint density at radius 2 is 1.91 bits per heavy atom. The van der Waals surface area contributed by atoms with E-state index in [1.54, 1.807) is 13.0 Å². The smallest absolute Gasteiger partial charge is 0.414 e. The molecule has 8 heteroatoms. The maximum absolute atomic E-state index is 11.8. The largest absolute Gasteiger partial charge is 0.450 e. The monoisotopic (exact) mass is 310 g/mol. The molecule has 1 atom stereocenters. The predicted octanol–water partition coefficient (Wildman–Crippen LogP) is 0.417. The number of amides is 3. The molecule has 0 radical (unpaired) electrons. The van der Waals surface area contributed by atoms with Gasteiger partial charge in [-0.15, -0.1) is 0 Å². The average molecular weight is 310 g/mol. The number of hydrogen-bond donors (Lipinski definition) is 3. The summed E-state index contributed by atoms with van der Waals surface area (Å²) >= 11 is 0. The van der Waals surface area contributed by atoms with Gasteiger partial charge in [-0.05, 0) is 12.3 Å². The number of likely N-dealkylation sites (N-methyl/N-ethyl adjacent to an activating group) is 1. The van der Waals surface area contributed by atoms with E-state index < -0.39 is 23.5 Å². The van der Waals surface area contributed by atoms with Crippen molar-refractivity contribution in [3.8, 4) is 6.07 Å². The molecule has 3 N–H and O–H groups in total. The van der Waals surface area contributed by atoms with Crippen LogP contribution in [0.15, 0.2) is 11.8 Å². The number of hydrogen-bond acceptors (Lipinski definition) is 6. The lowest BCUT2D eigenvalue weighted by molar-refractivity contribution is -0.125. The zero-order valence-electron chi connectivity index (χ0n) is 13.4. The molecular weight excluding hydrogens is 288 g/mol. The Hall–Kier alpha value is -2.56. The van der Waals surface area contributed by atoms with Gasteiger partial charge in [0.15, 0.2) is 0 Å². The van der Waals surface area contributed by atoms with Crippen molar-refractivity contribution in [2.24, 2.45) is 5.41 Å². The van der Waals surface area contributed by atoms with Crippen LogP contribution in [0.3, 0.4) is 0 Å². The van der Waals surface area contributed by atoms with Gasteiger partial charge in [0, 0.05) is 13.2 Å². The van der Waals surface area contributed by atoms with Crippen molar-refractivity contribution in [1.82, 2.24) is 16.0 Å². The summed E-state index contributed by atoms with van der Waals surface area (Å²) in [5, 5.41) is 16.1. The van der Waals surface area contributed by atoms with E-state index in [4.69, 9.17) is 5.26 Å². The molecule has 0 aliphatic carbocycles. The minimum atomic E-state index is -0.938. The maximum atomic E-state index is 11.8. The van der Waals surface area contributed by atoms with Gasteiger partial charge in [0.1, 0.15) is 17.7 Å². The second-order valence-electron chi connectivity index (χ2n) is 5.42. The molecule has 0 fully saturated rings. The van der Waals surface area contributed by atoms with Crippen LogP contribution in [0.2, 0.25) is 0 Å². The molecule has 0 bridgehead atoms. The lowest BCUT2D eigenvalue weighted by Gasteiger charge is -2.29. The Morgan fingerprint density at radius 3 is 2.32 bits per heavy atom. The quantitative estimate of drug-likeness (QED) is 0.500. The van der Waals surface area contributed by atoms with Crippen LogP contribution in [-0.2, 0) is 14.3 Å². The zero-order chi connectivity index (χ0) is 17.3. The summed E-state index contributed by atoms with van der Waals surface area (Å²) in [6.45, 7) is 7.19. The summed E-state index contributed by atoms with van der Waals surface area (Å²) in [5.74, 6) is -1.19. The van der Waals surface area contributed by atoms with E-state index in [9.17, 15) is 14.4 Å². The molecule has 0 aromatic carbocycles. The van der Waals surface area contributed by atoms with Crippen LogP contribution in [-0.4, -0.2) is 37.6 Å². The number of nitrogens with one attached hydrogen (secondary N) is 3. The summed E-state index contributed by atoms with van der Waals surface area (Å²) in [5.41, 5.74) is -0.791. The standard InChI is InChI=1S/C14H22N4O4/c1-6-22-13(21)18-11(19)9(7-15)8-17-10(12(20)16-5)14(2,3)4/h8,10,17H,6H2,1-5H3,(H,16,20)(H,18,19,21)/b9-8-/t10-/m0/s1. The number of nitriles is 1. The van der Waals surface area contributed by atoms with E-state index in [-0.39, 0.29) is 18.1 Å². The molecule has 22 heavy (non-hydrogen) atoms. The van der Waals surface area contributed by atoms with Gasteiger partial charge in [-0.1, -0.05) is 20.8 Å². The lowest BCUT2D eigenvalue weighted by atomic mass is 9.86. The predicted molar refractivity (Wildman–Crippen MR) is 79.3 cm³/mol. The number of rotatable bonds is 5. The molecule has 0 heterocycles. The summed E-state index contributed by atoms with van der Waals surface area (Å²) in [7, 11) is 1.49. The number of carbonyl (C=O) groups is 3. The van der Waals surface area contributed by atoms with Gasteiger partial charge in [-0.3, -0.25) is 14.9 Å². The van der Waals surface area contributed by atoms with Gasteiger partial charge < -0.3 is 15.4 Å². The number of nitrogens with zero attached hydrogens (tertiary/aromatic N) is 1. The third-order valence-corrected chi connectivity index (χ3v) is 2.63. The molecule has 122 valence electrons. The first-order valence-corrected chi connectivity index (χ1v) is 6.73. The SMILES string of the molecule is CCOC(=O)NC(=O)/C(C#N)=C\N[C@@H](C(=O)NC)C(C)(C)C. The first-order valence-electron chi connectivity index (χ1n) is 6.73. The van der Waals surface area contributed by atoms with E-state index in [1.807, 2.05) is 26.1 Å². The van der Waals surface area contributed by atoms with E-state index in [2.05, 4.69) is 15.4 Å². The highest BCUT2D eigenvalue weighted by molar-refractivity contribution is 6.04. The van der Waals surface area contributed by atoms with Crippen molar-refractivity contribution in [2.45, 2.75) is 33.7 Å². The van der Waals surface area contributed by atoms with Gasteiger partial charge in [0.2, 0.25) is 5.91 Å². The number of carbonyl (C=O) groups excluding carboxylic acids is 3. The molecule has 0 spiro atoms. The van der Waals surface area contributed by atoms with Gasteiger partial charge in [0.05, 0.1) is 6.61 Å². The Bertz CT molecular complexity index is 500. The molecule has 0 aromatic rings. The highest BCUT2D eigenvalue weighted by Crippen LogP contribution is 2.19. The molecule has 0 aromatic heterocycles. The molecule has 0 saturated heterocycles. The van der Waals surface area contributed by atoms with Crippen molar-refractivity contribution in [2.75, 3.05) is 13.7 Å². The molecule has 0 aliphatic rings. The summed E-state index contributed by atoms with van der Waals surface area (Å²) in [6, 6.07) is 1.00. The first kappa shape index (κ1) is 19.4. The van der Waals surface area contributed by atoms with E-state index in [0.717, 1.165) is 6.20 Å². The fraction of sp³-hybridized carbons (Fsp3) is 0.571. The third-order valence-electron chi connectivity index (χ3n) is 2.63. The van der Waals surface area contributed by atoms with E-state index in [1.165, 1.54) is 7.05 Å². The van der Waals surface area contributed by atoms with Gasteiger partial charge in [0.25, 0.3) is 5.91 Å². The van der Waals surface area contributed by atoms with Crippen molar-refractivity contribution >= 4 is 17.9 Å².